The molecule has 8 heteroatoms. The lowest BCUT2D eigenvalue weighted by molar-refractivity contribution is -0.141. The highest BCUT2D eigenvalue weighted by atomic mass is 35.5. The van der Waals surface area contributed by atoms with E-state index in [0.29, 0.717) is 16.1 Å². The summed E-state index contributed by atoms with van der Waals surface area (Å²) in [7, 11) is -3.28. The van der Waals surface area contributed by atoms with E-state index in [1.807, 2.05) is 0 Å². The van der Waals surface area contributed by atoms with Crippen LogP contribution in [0.4, 0.5) is 0 Å². The molecule has 2 aromatic rings. The molecule has 2 aliphatic heterocycles. The number of carbonyl (C=O) groups is 2. The minimum absolute atomic E-state index is 0.0350. The number of carbonyl (C=O) groups excluding carboxylic acids is 2. The molecular formula is C21H18ClNO5S. The van der Waals surface area contributed by atoms with Gasteiger partial charge >= 0.3 is 0 Å². The van der Waals surface area contributed by atoms with E-state index in [2.05, 4.69) is 0 Å². The van der Waals surface area contributed by atoms with E-state index >= 15 is 0 Å². The topological polar surface area (TPSA) is 91.8 Å². The fourth-order valence-electron chi connectivity index (χ4n) is 3.95. The van der Waals surface area contributed by atoms with E-state index in [-0.39, 0.29) is 29.3 Å². The van der Waals surface area contributed by atoms with E-state index in [9.17, 15) is 23.1 Å². The molecule has 2 unspecified atom stereocenters. The smallest absolute Gasteiger partial charge is 0.295 e. The zero-order valence-electron chi connectivity index (χ0n) is 15.3. The monoisotopic (exact) mass is 431 g/mol. The van der Waals surface area contributed by atoms with E-state index < -0.39 is 33.6 Å². The maximum absolute atomic E-state index is 12.9. The Labute approximate surface area is 173 Å². The Morgan fingerprint density at radius 2 is 1.69 bits per heavy atom. The zero-order chi connectivity index (χ0) is 20.8. The first-order chi connectivity index (χ1) is 13.8. The SMILES string of the molecule is O=C1C(=O)N(C2CCS(=O)(=O)C2)C(c2ccc(Cl)cc2)/C1=C(\O)c1ccccc1. The lowest BCUT2D eigenvalue weighted by atomic mass is 9.95. The summed E-state index contributed by atoms with van der Waals surface area (Å²) >= 11 is 5.98. The average molecular weight is 432 g/mol. The molecule has 0 bridgehead atoms. The second-order valence-corrected chi connectivity index (χ2v) is 9.85. The van der Waals surface area contributed by atoms with Crippen molar-refractivity contribution in [1.82, 2.24) is 4.90 Å². The van der Waals surface area contributed by atoms with Gasteiger partial charge in [0.05, 0.1) is 23.1 Å². The summed E-state index contributed by atoms with van der Waals surface area (Å²) < 4.78 is 24.0. The molecule has 4 rings (SSSR count). The van der Waals surface area contributed by atoms with Crippen molar-refractivity contribution in [2.45, 2.75) is 18.5 Å². The van der Waals surface area contributed by atoms with Gasteiger partial charge in [0.1, 0.15) is 5.76 Å². The third kappa shape index (κ3) is 3.56. The lowest BCUT2D eigenvalue weighted by Crippen LogP contribution is -2.40. The van der Waals surface area contributed by atoms with Gasteiger partial charge in [-0.3, -0.25) is 9.59 Å². The first-order valence-electron chi connectivity index (χ1n) is 9.10. The van der Waals surface area contributed by atoms with Crippen LogP contribution in [0.5, 0.6) is 0 Å². The minimum atomic E-state index is -3.28. The Bertz CT molecular complexity index is 1110. The second-order valence-electron chi connectivity index (χ2n) is 7.18. The molecule has 0 spiro atoms. The molecular weight excluding hydrogens is 414 g/mol. The molecule has 1 N–H and O–H groups in total. The number of likely N-dealkylation sites (tertiary alicyclic amines) is 1. The molecule has 2 fully saturated rings. The van der Waals surface area contributed by atoms with Crippen LogP contribution in [0.2, 0.25) is 5.02 Å². The largest absolute Gasteiger partial charge is 0.507 e. The molecule has 1 amide bonds. The number of sulfone groups is 1. The van der Waals surface area contributed by atoms with Crippen LogP contribution in [0, 0.1) is 0 Å². The van der Waals surface area contributed by atoms with Crippen LogP contribution >= 0.6 is 11.6 Å². The van der Waals surface area contributed by atoms with Crippen molar-refractivity contribution in [3.63, 3.8) is 0 Å². The molecule has 0 aromatic heterocycles. The number of amides is 1. The predicted octanol–water partition coefficient (Wildman–Crippen LogP) is 2.95. The molecule has 2 aliphatic rings. The van der Waals surface area contributed by atoms with Gasteiger partial charge in [-0.15, -0.1) is 0 Å². The number of Topliss-reactive ketones (excluding diaryl/α,β-unsaturated/α-hetero) is 1. The number of hydrogen-bond donors (Lipinski definition) is 1. The summed E-state index contributed by atoms with van der Waals surface area (Å²) in [6.45, 7) is 0. The third-order valence-corrected chi connectivity index (χ3v) is 7.32. The Hall–Kier alpha value is -2.64. The maximum Gasteiger partial charge on any atom is 0.295 e. The summed E-state index contributed by atoms with van der Waals surface area (Å²) in [5.74, 6) is -2.14. The molecule has 29 heavy (non-hydrogen) atoms. The van der Waals surface area contributed by atoms with Crippen LogP contribution in [0.3, 0.4) is 0 Å². The number of aliphatic hydroxyl groups is 1. The van der Waals surface area contributed by atoms with E-state index in [0.717, 1.165) is 0 Å². The summed E-state index contributed by atoms with van der Waals surface area (Å²) in [6.07, 6.45) is 0.255. The van der Waals surface area contributed by atoms with Gasteiger partial charge in [0.2, 0.25) is 0 Å². The standard InChI is InChI=1S/C21H18ClNO5S/c22-15-8-6-13(7-9-15)18-17(19(24)14-4-2-1-3-5-14)20(25)21(26)23(18)16-10-11-29(27,28)12-16/h1-9,16,18,24H,10-12H2/b19-17+. The highest BCUT2D eigenvalue weighted by Crippen LogP contribution is 2.42. The molecule has 6 nitrogen and oxygen atoms in total. The quantitative estimate of drug-likeness (QED) is 0.458. The number of aliphatic hydroxyl groups excluding tert-OH is 1. The fourth-order valence-corrected chi connectivity index (χ4v) is 5.78. The van der Waals surface area contributed by atoms with Crippen molar-refractivity contribution in [1.29, 1.82) is 0 Å². The predicted molar refractivity (Wildman–Crippen MR) is 109 cm³/mol. The Balaban J connectivity index is 1.89. The molecule has 2 saturated heterocycles. The number of benzene rings is 2. The van der Waals surface area contributed by atoms with Crippen molar-refractivity contribution >= 4 is 38.9 Å². The number of nitrogens with zero attached hydrogens (tertiary/aromatic N) is 1. The summed E-state index contributed by atoms with van der Waals surface area (Å²) in [6, 6.07) is 13.6. The molecule has 0 radical (unpaired) electrons. The third-order valence-electron chi connectivity index (χ3n) is 5.31. The highest BCUT2D eigenvalue weighted by Gasteiger charge is 2.50. The first-order valence-corrected chi connectivity index (χ1v) is 11.3. The lowest BCUT2D eigenvalue weighted by Gasteiger charge is -2.30. The van der Waals surface area contributed by atoms with Gasteiger partial charge in [0.25, 0.3) is 11.7 Å². The van der Waals surface area contributed by atoms with Gasteiger partial charge in [0, 0.05) is 16.6 Å². The number of rotatable bonds is 3. The van der Waals surface area contributed by atoms with Gasteiger partial charge in [-0.25, -0.2) is 8.42 Å². The zero-order valence-corrected chi connectivity index (χ0v) is 16.9. The summed E-state index contributed by atoms with van der Waals surface area (Å²) in [5, 5.41) is 11.4. The van der Waals surface area contributed by atoms with E-state index in [1.54, 1.807) is 54.6 Å². The molecule has 2 heterocycles. The Morgan fingerprint density at radius 3 is 2.28 bits per heavy atom. The van der Waals surface area contributed by atoms with Gasteiger partial charge in [0.15, 0.2) is 9.84 Å². The van der Waals surface area contributed by atoms with Crippen molar-refractivity contribution in [3.05, 3.63) is 76.3 Å². The van der Waals surface area contributed by atoms with Crippen LogP contribution in [0.1, 0.15) is 23.6 Å². The summed E-state index contributed by atoms with van der Waals surface area (Å²) in [5.41, 5.74) is 0.937. The molecule has 150 valence electrons. The minimum Gasteiger partial charge on any atom is -0.507 e. The van der Waals surface area contributed by atoms with Crippen molar-refractivity contribution in [2.24, 2.45) is 0 Å². The fraction of sp³-hybridized carbons (Fsp3) is 0.238. The number of ketones is 1. The highest BCUT2D eigenvalue weighted by molar-refractivity contribution is 7.91. The second kappa shape index (κ2) is 7.31. The number of halogens is 1. The van der Waals surface area contributed by atoms with E-state index in [1.165, 1.54) is 4.90 Å². The normalized spacial score (nSPS) is 25.5. The van der Waals surface area contributed by atoms with Crippen LogP contribution in [-0.2, 0) is 19.4 Å². The van der Waals surface area contributed by atoms with Crippen LogP contribution in [-0.4, -0.2) is 47.7 Å². The van der Waals surface area contributed by atoms with E-state index in [4.69, 9.17) is 11.6 Å². The van der Waals surface area contributed by atoms with Crippen molar-refractivity contribution < 1.29 is 23.1 Å². The van der Waals surface area contributed by atoms with Gasteiger partial charge in [-0.2, -0.15) is 0 Å². The average Bonchev–Trinajstić information content (AvgIpc) is 3.19. The molecule has 2 aromatic carbocycles. The number of hydrogen-bond acceptors (Lipinski definition) is 5. The maximum atomic E-state index is 12.9. The first kappa shape index (κ1) is 19.7. The molecule has 0 aliphatic carbocycles. The van der Waals surface area contributed by atoms with Gasteiger partial charge in [-0.05, 0) is 24.1 Å². The Morgan fingerprint density at radius 1 is 1.03 bits per heavy atom. The van der Waals surface area contributed by atoms with Gasteiger partial charge in [-0.1, -0.05) is 54.1 Å². The van der Waals surface area contributed by atoms with Crippen molar-refractivity contribution in [3.8, 4) is 0 Å². The van der Waals surface area contributed by atoms with Crippen molar-refractivity contribution in [2.75, 3.05) is 11.5 Å². The van der Waals surface area contributed by atoms with Crippen LogP contribution in [0.15, 0.2) is 60.2 Å². The van der Waals surface area contributed by atoms with Gasteiger partial charge < -0.3 is 10.0 Å². The van der Waals surface area contributed by atoms with Crippen LogP contribution < -0.4 is 0 Å². The van der Waals surface area contributed by atoms with Crippen LogP contribution in [0.25, 0.3) is 5.76 Å². The Kier molecular flexibility index (Phi) is 4.96. The molecule has 0 saturated carbocycles. The summed E-state index contributed by atoms with van der Waals surface area (Å²) in [4.78, 5) is 27.1. The molecule has 2 atom stereocenters.